The van der Waals surface area contributed by atoms with Gasteiger partial charge in [0.2, 0.25) is 0 Å². The molecule has 0 bridgehead atoms. The molecule has 0 radical (unpaired) electrons. The number of rotatable bonds is 4. The molecular weight excluding hydrogens is 363 g/mol. The van der Waals surface area contributed by atoms with E-state index in [4.69, 9.17) is 11.6 Å². The zero-order valence-electron chi connectivity index (χ0n) is 8.60. The molecule has 6 heteroatoms. The molecule has 1 aromatic carbocycles. The van der Waals surface area contributed by atoms with Gasteiger partial charge in [0, 0.05) is 10.8 Å². The van der Waals surface area contributed by atoms with Crippen molar-refractivity contribution in [2.45, 2.75) is 16.3 Å². The maximum Gasteiger partial charge on any atom is 0.164 e. The summed E-state index contributed by atoms with van der Waals surface area (Å²) in [5, 5.41) is 10.4. The molecule has 0 fully saturated rings. The number of aliphatic hydroxyl groups excluding tert-OH is 1. The van der Waals surface area contributed by atoms with E-state index in [1.807, 2.05) is 0 Å². The minimum absolute atomic E-state index is 0.0121. The fourth-order valence-corrected chi connectivity index (χ4v) is 3.76. The minimum Gasteiger partial charge on any atom is -0.386 e. The molecule has 1 rings (SSSR count). The summed E-state index contributed by atoms with van der Waals surface area (Å²) >= 11 is 7.52. The molecule has 3 nitrogen and oxygen atoms in total. The first-order valence-electron chi connectivity index (χ1n) is 4.67. The third-order valence-electron chi connectivity index (χ3n) is 2.18. The van der Waals surface area contributed by atoms with Crippen LogP contribution in [0.15, 0.2) is 24.3 Å². The number of hydrogen-bond acceptors (Lipinski definition) is 3. The Balaban J connectivity index is 2.99. The van der Waals surface area contributed by atoms with Crippen molar-refractivity contribution in [3.05, 3.63) is 34.9 Å². The summed E-state index contributed by atoms with van der Waals surface area (Å²) in [4.78, 5) is 0. The SMILES string of the molecule is CCS(=O)(=O)[C@H](I)[C@H](O)c1cccc(Cl)c1. The van der Waals surface area contributed by atoms with Crippen LogP contribution in [0.25, 0.3) is 0 Å². The number of halogens is 2. The van der Waals surface area contributed by atoms with E-state index < -0.39 is 19.2 Å². The Hall–Kier alpha value is 0.150. The van der Waals surface area contributed by atoms with Gasteiger partial charge in [-0.05, 0) is 17.7 Å². The highest BCUT2D eigenvalue weighted by Crippen LogP contribution is 2.28. The first-order valence-corrected chi connectivity index (χ1v) is 8.01. The number of alkyl halides is 1. The van der Waals surface area contributed by atoms with Crippen LogP contribution in [-0.2, 0) is 9.84 Å². The van der Waals surface area contributed by atoms with Gasteiger partial charge in [-0.1, -0.05) is 53.2 Å². The summed E-state index contributed by atoms with van der Waals surface area (Å²) in [5.74, 6) is 0.0121. The van der Waals surface area contributed by atoms with Crippen LogP contribution in [0.3, 0.4) is 0 Å². The molecule has 1 aromatic rings. The molecule has 0 aromatic heterocycles. The maximum absolute atomic E-state index is 11.6. The van der Waals surface area contributed by atoms with Crippen molar-refractivity contribution < 1.29 is 13.5 Å². The van der Waals surface area contributed by atoms with Crippen LogP contribution in [0.4, 0.5) is 0 Å². The Morgan fingerprint density at radius 3 is 2.62 bits per heavy atom. The molecule has 0 heterocycles. The van der Waals surface area contributed by atoms with E-state index in [1.54, 1.807) is 53.8 Å². The molecule has 0 aliphatic carbocycles. The van der Waals surface area contributed by atoms with E-state index in [1.165, 1.54) is 0 Å². The average Bonchev–Trinajstić information content (AvgIpc) is 2.27. The van der Waals surface area contributed by atoms with Gasteiger partial charge in [0.15, 0.2) is 9.84 Å². The second-order valence-corrected chi connectivity index (χ2v) is 8.34. The summed E-state index contributed by atoms with van der Waals surface area (Å²) < 4.78 is 22.3. The lowest BCUT2D eigenvalue weighted by atomic mass is 10.1. The quantitative estimate of drug-likeness (QED) is 0.651. The second-order valence-electron chi connectivity index (χ2n) is 3.30. The Morgan fingerprint density at radius 2 is 2.12 bits per heavy atom. The van der Waals surface area contributed by atoms with Gasteiger partial charge >= 0.3 is 0 Å². The first kappa shape index (κ1) is 14.2. The molecule has 1 N–H and O–H groups in total. The summed E-state index contributed by atoms with van der Waals surface area (Å²) in [7, 11) is -3.26. The third kappa shape index (κ3) is 3.32. The van der Waals surface area contributed by atoms with Gasteiger partial charge in [0.1, 0.15) is 9.36 Å². The monoisotopic (exact) mass is 374 g/mol. The zero-order valence-corrected chi connectivity index (χ0v) is 12.3. The van der Waals surface area contributed by atoms with E-state index in [0.717, 1.165) is 0 Å². The van der Waals surface area contributed by atoms with E-state index in [-0.39, 0.29) is 5.75 Å². The first-order chi connectivity index (χ1) is 7.38. The molecular formula is C10H12ClIO3S. The number of aliphatic hydroxyl groups is 1. The Morgan fingerprint density at radius 1 is 1.50 bits per heavy atom. The Bertz CT molecular complexity index is 461. The molecule has 0 saturated carbocycles. The lowest BCUT2D eigenvalue weighted by molar-refractivity contribution is 0.197. The fourth-order valence-electron chi connectivity index (χ4n) is 1.20. The molecule has 90 valence electrons. The van der Waals surface area contributed by atoms with Crippen molar-refractivity contribution in [3.63, 3.8) is 0 Å². The highest BCUT2D eigenvalue weighted by Gasteiger charge is 2.29. The summed E-state index contributed by atoms with van der Waals surface area (Å²) in [6.45, 7) is 1.56. The zero-order chi connectivity index (χ0) is 12.3. The van der Waals surface area contributed by atoms with Crippen LogP contribution >= 0.6 is 34.2 Å². The number of benzene rings is 1. The summed E-state index contributed by atoms with van der Waals surface area (Å²) in [6.07, 6.45) is -1.05. The average molecular weight is 375 g/mol. The van der Waals surface area contributed by atoms with Crippen LogP contribution in [0.5, 0.6) is 0 Å². The summed E-state index contributed by atoms with van der Waals surface area (Å²) in [5.41, 5.74) is 0.518. The van der Waals surface area contributed by atoms with Crippen LogP contribution in [-0.4, -0.2) is 22.5 Å². The van der Waals surface area contributed by atoms with Crippen molar-refractivity contribution in [2.75, 3.05) is 5.75 Å². The van der Waals surface area contributed by atoms with E-state index >= 15 is 0 Å². The highest BCUT2D eigenvalue weighted by molar-refractivity contribution is 14.1. The molecule has 0 spiro atoms. The second kappa shape index (κ2) is 5.66. The fraction of sp³-hybridized carbons (Fsp3) is 0.400. The molecule has 0 amide bonds. The van der Waals surface area contributed by atoms with Crippen LogP contribution in [0.1, 0.15) is 18.6 Å². The normalized spacial score (nSPS) is 15.8. The third-order valence-corrected chi connectivity index (χ3v) is 7.17. The molecule has 0 aliphatic heterocycles. The topological polar surface area (TPSA) is 54.4 Å². The lowest BCUT2D eigenvalue weighted by Gasteiger charge is -2.17. The Labute approximate surface area is 114 Å². The highest BCUT2D eigenvalue weighted by atomic mass is 127. The standard InChI is InChI=1S/C10H12ClIO3S/c1-2-16(14,15)10(12)9(13)7-4-3-5-8(11)6-7/h3-6,9-10,13H,2H2,1H3/t9-,10+/m1/s1. The lowest BCUT2D eigenvalue weighted by Crippen LogP contribution is -2.24. The smallest absolute Gasteiger partial charge is 0.164 e. The molecule has 2 atom stereocenters. The predicted molar refractivity (Wildman–Crippen MR) is 73.7 cm³/mol. The van der Waals surface area contributed by atoms with Crippen molar-refractivity contribution in [1.82, 2.24) is 0 Å². The van der Waals surface area contributed by atoms with Gasteiger partial charge in [-0.2, -0.15) is 0 Å². The van der Waals surface area contributed by atoms with Crippen LogP contribution in [0, 0.1) is 0 Å². The van der Waals surface area contributed by atoms with Crippen molar-refractivity contribution in [1.29, 1.82) is 0 Å². The van der Waals surface area contributed by atoms with Gasteiger partial charge in [-0.15, -0.1) is 0 Å². The van der Waals surface area contributed by atoms with E-state index in [9.17, 15) is 13.5 Å². The maximum atomic E-state index is 11.6. The van der Waals surface area contributed by atoms with Gasteiger partial charge in [0.05, 0.1) is 0 Å². The van der Waals surface area contributed by atoms with Crippen molar-refractivity contribution >= 4 is 44.0 Å². The van der Waals surface area contributed by atoms with Crippen LogP contribution in [0.2, 0.25) is 5.02 Å². The largest absolute Gasteiger partial charge is 0.386 e. The van der Waals surface area contributed by atoms with E-state index in [0.29, 0.717) is 10.6 Å². The van der Waals surface area contributed by atoms with Gasteiger partial charge in [-0.25, -0.2) is 8.42 Å². The van der Waals surface area contributed by atoms with Gasteiger partial charge < -0.3 is 5.11 Å². The molecule has 0 saturated heterocycles. The van der Waals surface area contributed by atoms with Crippen molar-refractivity contribution in [3.8, 4) is 0 Å². The summed E-state index contributed by atoms with van der Waals surface area (Å²) in [6, 6.07) is 6.59. The van der Waals surface area contributed by atoms with Gasteiger partial charge in [-0.3, -0.25) is 0 Å². The predicted octanol–water partition coefficient (Wildman–Crippen LogP) is 2.57. The molecule has 16 heavy (non-hydrogen) atoms. The van der Waals surface area contributed by atoms with Crippen molar-refractivity contribution in [2.24, 2.45) is 0 Å². The minimum atomic E-state index is -3.26. The number of hydrogen-bond donors (Lipinski definition) is 1. The van der Waals surface area contributed by atoms with Gasteiger partial charge in [0.25, 0.3) is 0 Å². The molecule has 0 aliphatic rings. The number of sulfone groups is 1. The van der Waals surface area contributed by atoms with E-state index in [2.05, 4.69) is 0 Å². The Kier molecular flexibility index (Phi) is 5.03. The molecule has 0 unspecified atom stereocenters. The van der Waals surface area contributed by atoms with Crippen LogP contribution < -0.4 is 0 Å².